The zero-order valence-corrected chi connectivity index (χ0v) is 17.0. The Morgan fingerprint density at radius 3 is 1.61 bits per heavy atom. The molecule has 0 atom stereocenters. The maximum absolute atomic E-state index is 3.57. The molecular formula is C19H14Br3N. The van der Waals surface area contributed by atoms with Gasteiger partial charge in [-0.25, -0.2) is 0 Å². The Labute approximate surface area is 161 Å². The van der Waals surface area contributed by atoms with Crippen LogP contribution in [0.1, 0.15) is 5.56 Å². The molecule has 0 saturated carbocycles. The molecule has 3 aromatic rings. The summed E-state index contributed by atoms with van der Waals surface area (Å²) in [6.07, 6.45) is 0. The molecule has 0 radical (unpaired) electrons. The van der Waals surface area contributed by atoms with Crippen molar-refractivity contribution in [2.75, 3.05) is 4.90 Å². The van der Waals surface area contributed by atoms with Gasteiger partial charge in [-0.1, -0.05) is 72.1 Å². The van der Waals surface area contributed by atoms with E-state index in [9.17, 15) is 0 Å². The van der Waals surface area contributed by atoms with Crippen LogP contribution in [-0.2, 0) is 5.33 Å². The quantitative estimate of drug-likeness (QED) is 0.337. The molecule has 0 amide bonds. The van der Waals surface area contributed by atoms with Gasteiger partial charge >= 0.3 is 0 Å². The molecule has 0 aliphatic rings. The summed E-state index contributed by atoms with van der Waals surface area (Å²) >= 11 is 10.7. The van der Waals surface area contributed by atoms with Gasteiger partial charge in [0, 0.05) is 31.3 Å². The second kappa shape index (κ2) is 7.65. The minimum atomic E-state index is 0.839. The van der Waals surface area contributed by atoms with Gasteiger partial charge in [-0.3, -0.25) is 0 Å². The minimum absolute atomic E-state index is 0.839. The number of alkyl halides is 1. The highest BCUT2D eigenvalue weighted by Crippen LogP contribution is 2.37. The van der Waals surface area contributed by atoms with Gasteiger partial charge in [-0.05, 0) is 54.1 Å². The van der Waals surface area contributed by atoms with Gasteiger partial charge in [0.1, 0.15) is 0 Å². The second-order valence-electron chi connectivity index (χ2n) is 5.10. The standard InChI is InChI=1S/C19H14Br3N/c20-13-14-4-1-7-17(10-14)23(18-8-2-5-15(21)11-18)19-9-3-6-16(22)12-19/h1-12H,13H2. The molecular weight excluding hydrogens is 482 g/mol. The van der Waals surface area contributed by atoms with Crippen LogP contribution >= 0.6 is 47.8 Å². The third-order valence-corrected chi connectivity index (χ3v) is 5.09. The van der Waals surface area contributed by atoms with Gasteiger partial charge in [-0.15, -0.1) is 0 Å². The molecule has 0 unspecified atom stereocenters. The fourth-order valence-corrected chi connectivity index (χ4v) is 3.58. The first-order valence-electron chi connectivity index (χ1n) is 7.13. The minimum Gasteiger partial charge on any atom is -0.310 e. The zero-order chi connectivity index (χ0) is 16.2. The molecule has 0 aliphatic carbocycles. The highest BCUT2D eigenvalue weighted by Gasteiger charge is 2.13. The van der Waals surface area contributed by atoms with Crippen molar-refractivity contribution < 1.29 is 0 Å². The number of anilines is 3. The predicted molar refractivity (Wildman–Crippen MR) is 109 cm³/mol. The molecule has 3 aromatic carbocycles. The summed E-state index contributed by atoms with van der Waals surface area (Å²) in [4.78, 5) is 2.25. The number of nitrogens with zero attached hydrogens (tertiary/aromatic N) is 1. The smallest absolute Gasteiger partial charge is 0.0472 e. The largest absolute Gasteiger partial charge is 0.310 e. The van der Waals surface area contributed by atoms with E-state index in [0.29, 0.717) is 0 Å². The Bertz CT molecular complexity index is 771. The third kappa shape index (κ3) is 4.06. The average Bonchev–Trinajstić information content (AvgIpc) is 2.55. The number of hydrogen-bond donors (Lipinski definition) is 0. The van der Waals surface area contributed by atoms with Crippen LogP contribution in [0.3, 0.4) is 0 Å². The van der Waals surface area contributed by atoms with Crippen LogP contribution in [0, 0.1) is 0 Å². The maximum Gasteiger partial charge on any atom is 0.0472 e. The Morgan fingerprint density at radius 1 is 0.652 bits per heavy atom. The van der Waals surface area contributed by atoms with E-state index in [1.165, 1.54) is 5.56 Å². The molecule has 0 aliphatic heterocycles. The summed E-state index contributed by atoms with van der Waals surface area (Å²) in [5, 5.41) is 0.839. The molecule has 0 spiro atoms. The number of rotatable bonds is 4. The van der Waals surface area contributed by atoms with E-state index in [0.717, 1.165) is 31.3 Å². The van der Waals surface area contributed by atoms with E-state index in [2.05, 4.69) is 113 Å². The second-order valence-corrected chi connectivity index (χ2v) is 7.49. The highest BCUT2D eigenvalue weighted by atomic mass is 79.9. The predicted octanol–water partition coefficient (Wildman–Crippen LogP) is 7.58. The van der Waals surface area contributed by atoms with Crippen molar-refractivity contribution in [2.24, 2.45) is 0 Å². The fraction of sp³-hybridized carbons (Fsp3) is 0.0526. The van der Waals surface area contributed by atoms with Gasteiger partial charge in [0.15, 0.2) is 0 Å². The van der Waals surface area contributed by atoms with Crippen molar-refractivity contribution >= 4 is 64.9 Å². The Kier molecular flexibility index (Phi) is 5.57. The van der Waals surface area contributed by atoms with E-state index < -0.39 is 0 Å². The summed E-state index contributed by atoms with van der Waals surface area (Å²) in [5.74, 6) is 0. The lowest BCUT2D eigenvalue weighted by Crippen LogP contribution is -2.10. The van der Waals surface area contributed by atoms with Crippen molar-refractivity contribution in [1.29, 1.82) is 0 Å². The molecule has 1 nitrogen and oxygen atoms in total. The molecule has 3 rings (SSSR count). The van der Waals surface area contributed by atoms with Gasteiger partial charge in [0.05, 0.1) is 0 Å². The van der Waals surface area contributed by atoms with Crippen molar-refractivity contribution in [2.45, 2.75) is 5.33 Å². The summed E-state index contributed by atoms with van der Waals surface area (Å²) in [5.41, 5.74) is 4.61. The number of hydrogen-bond acceptors (Lipinski definition) is 1. The van der Waals surface area contributed by atoms with Crippen LogP contribution in [0.4, 0.5) is 17.1 Å². The van der Waals surface area contributed by atoms with E-state index in [1.807, 2.05) is 12.1 Å². The normalized spacial score (nSPS) is 10.6. The van der Waals surface area contributed by atoms with Crippen LogP contribution in [0.15, 0.2) is 81.7 Å². The molecule has 0 N–H and O–H groups in total. The molecule has 0 fully saturated rings. The lowest BCUT2D eigenvalue weighted by atomic mass is 10.1. The van der Waals surface area contributed by atoms with Gasteiger partial charge < -0.3 is 4.90 Å². The van der Waals surface area contributed by atoms with Gasteiger partial charge in [0.25, 0.3) is 0 Å². The monoisotopic (exact) mass is 493 g/mol. The van der Waals surface area contributed by atoms with Crippen molar-refractivity contribution in [3.05, 3.63) is 87.3 Å². The SMILES string of the molecule is BrCc1cccc(N(c2cccc(Br)c2)c2cccc(Br)c2)c1. The summed E-state index contributed by atoms with van der Waals surface area (Å²) in [6.45, 7) is 0. The van der Waals surface area contributed by atoms with Crippen LogP contribution < -0.4 is 4.90 Å². The number of benzene rings is 3. The highest BCUT2D eigenvalue weighted by molar-refractivity contribution is 9.10. The molecule has 23 heavy (non-hydrogen) atoms. The average molecular weight is 496 g/mol. The van der Waals surface area contributed by atoms with E-state index in [1.54, 1.807) is 0 Å². The first kappa shape index (κ1) is 16.7. The third-order valence-electron chi connectivity index (χ3n) is 3.46. The van der Waals surface area contributed by atoms with Gasteiger partial charge in [-0.2, -0.15) is 0 Å². The van der Waals surface area contributed by atoms with E-state index in [-0.39, 0.29) is 0 Å². The first-order valence-corrected chi connectivity index (χ1v) is 9.84. The van der Waals surface area contributed by atoms with Crippen LogP contribution in [-0.4, -0.2) is 0 Å². The first-order chi connectivity index (χ1) is 11.2. The molecule has 0 bridgehead atoms. The van der Waals surface area contributed by atoms with Crippen molar-refractivity contribution in [3.63, 3.8) is 0 Å². The summed E-state index contributed by atoms with van der Waals surface area (Å²) in [6, 6.07) is 25.2. The maximum atomic E-state index is 3.57. The van der Waals surface area contributed by atoms with Crippen molar-refractivity contribution in [3.8, 4) is 0 Å². The van der Waals surface area contributed by atoms with Crippen molar-refractivity contribution in [1.82, 2.24) is 0 Å². The topological polar surface area (TPSA) is 3.24 Å². The molecule has 0 aromatic heterocycles. The van der Waals surface area contributed by atoms with E-state index >= 15 is 0 Å². The molecule has 0 heterocycles. The molecule has 4 heteroatoms. The van der Waals surface area contributed by atoms with Crippen LogP contribution in [0.5, 0.6) is 0 Å². The fourth-order valence-electron chi connectivity index (χ4n) is 2.46. The van der Waals surface area contributed by atoms with E-state index in [4.69, 9.17) is 0 Å². The Morgan fingerprint density at radius 2 is 1.13 bits per heavy atom. The summed E-state index contributed by atoms with van der Waals surface area (Å²) < 4.78 is 2.12. The molecule has 116 valence electrons. The lowest BCUT2D eigenvalue weighted by Gasteiger charge is -2.26. The zero-order valence-electron chi connectivity index (χ0n) is 12.2. The lowest BCUT2D eigenvalue weighted by molar-refractivity contribution is 1.26. The Hall–Kier alpha value is -1.10. The van der Waals surface area contributed by atoms with Crippen LogP contribution in [0.2, 0.25) is 0 Å². The van der Waals surface area contributed by atoms with Crippen LogP contribution in [0.25, 0.3) is 0 Å². The number of halogens is 3. The summed E-state index contributed by atoms with van der Waals surface area (Å²) in [7, 11) is 0. The van der Waals surface area contributed by atoms with Gasteiger partial charge in [0.2, 0.25) is 0 Å². The Balaban J connectivity index is 2.17. The molecule has 0 saturated heterocycles.